The molecule has 2 aliphatic rings. The summed E-state index contributed by atoms with van der Waals surface area (Å²) in [6, 6.07) is 43.9. The van der Waals surface area contributed by atoms with Crippen LogP contribution in [0.3, 0.4) is 0 Å². The maximum atomic E-state index is 7.13. The van der Waals surface area contributed by atoms with Crippen molar-refractivity contribution in [2.45, 2.75) is 340 Å². The van der Waals surface area contributed by atoms with Gasteiger partial charge in [0.15, 0.2) is 0 Å². The van der Waals surface area contributed by atoms with E-state index in [9.17, 15) is 0 Å². The zero-order valence-corrected chi connectivity index (χ0v) is 83.6. The van der Waals surface area contributed by atoms with Gasteiger partial charge in [-0.3, -0.25) is 0 Å². The molecule has 0 amide bonds. The highest BCUT2D eigenvalue weighted by atomic mass is 16.5. The van der Waals surface area contributed by atoms with E-state index in [2.05, 4.69) is 239 Å². The fraction of sp³-hybridized carbons (Fsp3) is 0.621. The summed E-state index contributed by atoms with van der Waals surface area (Å²) in [7, 11) is 0. The Morgan fingerprint density at radius 1 is 0.195 bits per heavy atom. The van der Waals surface area contributed by atoms with E-state index in [0.29, 0.717) is 26.4 Å². The van der Waals surface area contributed by atoms with Gasteiger partial charge in [-0.2, -0.15) is 0 Å². The Morgan fingerprint density at radius 3 is 0.539 bits per heavy atom. The van der Waals surface area contributed by atoms with E-state index in [1.807, 2.05) is 0 Å². The van der Waals surface area contributed by atoms with Crippen molar-refractivity contribution in [3.05, 3.63) is 144 Å². The number of hydrogen-bond donors (Lipinski definition) is 2. The average Bonchev–Trinajstić information content (AvgIpc) is 1.60. The smallest absolute Gasteiger partial charge is 0.127 e. The van der Waals surface area contributed by atoms with E-state index in [4.69, 9.17) is 28.9 Å². The third-order valence-electron chi connectivity index (χ3n) is 28.3. The summed E-state index contributed by atoms with van der Waals surface area (Å²) in [6.45, 7) is 51.8. The summed E-state index contributed by atoms with van der Waals surface area (Å²) in [5.74, 6) is 3.41. The molecule has 12 nitrogen and oxygen atoms in total. The number of aromatic nitrogens is 4. The summed E-state index contributed by atoms with van der Waals surface area (Å²) >= 11 is 0. The van der Waals surface area contributed by atoms with Gasteiger partial charge >= 0.3 is 0 Å². The summed E-state index contributed by atoms with van der Waals surface area (Å²) in [6.07, 6.45) is 58.4. The number of nitrogens with zero attached hydrogens (tertiary/aromatic N) is 6. The normalized spacial score (nSPS) is 12.5. The molecule has 2 N–H and O–H groups in total. The van der Waals surface area contributed by atoms with Crippen molar-refractivity contribution in [3.8, 4) is 67.5 Å². The topological polar surface area (TPSA) is 94.3 Å². The van der Waals surface area contributed by atoms with Gasteiger partial charge in [0.05, 0.1) is 154 Å². The van der Waals surface area contributed by atoms with Crippen molar-refractivity contribution < 1.29 is 36.9 Å². The van der Waals surface area contributed by atoms with Crippen LogP contribution in [-0.4, -0.2) is 169 Å². The highest BCUT2D eigenvalue weighted by Gasteiger charge is 2.31. The lowest BCUT2D eigenvalue weighted by atomic mass is 10.0. The number of unbranched alkanes of at least 4 members (excludes halogenated alkanes) is 24. The molecule has 5 heterocycles. The average molecular weight is 1750 g/mol. The maximum absolute atomic E-state index is 7.13. The number of fused-ring (bicyclic) bond motifs is 8. The number of para-hydroxylation sites is 4. The minimum Gasteiger partial charge on any atom is -0.493 e. The molecule has 7 aromatic rings. The first-order chi connectivity index (χ1) is 62.9. The Kier molecular flexibility index (Phi) is 48.1. The molecule has 0 saturated carbocycles. The second-order valence-corrected chi connectivity index (χ2v) is 38.7. The highest BCUT2D eigenvalue weighted by molar-refractivity contribution is 6.01. The quantitative estimate of drug-likeness (QED) is 0.0291. The number of quaternary nitrogens is 4. The van der Waals surface area contributed by atoms with Gasteiger partial charge in [0, 0.05) is 66.6 Å². The van der Waals surface area contributed by atoms with Gasteiger partial charge in [-0.05, 0) is 253 Å². The van der Waals surface area contributed by atoms with Crippen molar-refractivity contribution in [2.75, 3.05) is 131 Å². The van der Waals surface area contributed by atoms with Crippen LogP contribution in [0.15, 0.2) is 121 Å². The zero-order valence-electron chi connectivity index (χ0n) is 83.6. The lowest BCUT2D eigenvalue weighted by Gasteiger charge is -2.39. The minimum atomic E-state index is 0.632. The minimum absolute atomic E-state index is 0.632. The molecule has 8 bridgehead atoms. The Bertz CT molecular complexity index is 3830. The summed E-state index contributed by atoms with van der Waals surface area (Å²) in [5.41, 5.74) is 15.0. The first-order valence-corrected chi connectivity index (χ1v) is 53.4. The van der Waals surface area contributed by atoms with E-state index in [1.165, 1.54) is 328 Å². The van der Waals surface area contributed by atoms with E-state index in [1.54, 1.807) is 0 Å². The van der Waals surface area contributed by atoms with Crippen LogP contribution in [-0.2, 0) is 0 Å². The SMILES string of the molecule is CCCC[N+](CCCC)(CCCC)CCCCCCOc1ccccc1-c1c2nc(c(-c3ccccc3OCCCCCC[N+](CCCC)(CCCC)CCCC)c3ccc([nH]3)c(-c3ccccc3OCCCCCC[N+](CCCC)(CCCC)CCCC)c3nc(c(-c4ccccc4OCCCCCC[N+](CCCC)(CCCC)CCCC)c4ccc1[nH]4)C=C3)C=C2. The van der Waals surface area contributed by atoms with Gasteiger partial charge in [-0.25, -0.2) is 9.97 Å². The molecule has 0 spiro atoms. The molecule has 0 aliphatic carbocycles. The molecule has 0 atom stereocenters. The third kappa shape index (κ3) is 32.5. The highest BCUT2D eigenvalue weighted by Crippen LogP contribution is 2.45. The van der Waals surface area contributed by atoms with Crippen molar-refractivity contribution in [2.24, 2.45) is 0 Å². The second kappa shape index (κ2) is 59.1. The molecule has 9 rings (SSSR count). The number of H-pyrrole nitrogens is 2. The summed E-state index contributed by atoms with van der Waals surface area (Å²) in [5, 5.41) is 0. The van der Waals surface area contributed by atoms with Crippen LogP contribution >= 0.6 is 0 Å². The number of hydrogen-bond acceptors (Lipinski definition) is 6. The fourth-order valence-corrected chi connectivity index (χ4v) is 20.5. The number of benzene rings is 4. The van der Waals surface area contributed by atoms with Gasteiger partial charge < -0.3 is 46.8 Å². The van der Waals surface area contributed by atoms with Crippen LogP contribution in [0.4, 0.5) is 0 Å². The Labute approximate surface area is 781 Å². The molecule has 128 heavy (non-hydrogen) atoms. The Balaban J connectivity index is 1.15. The van der Waals surface area contributed by atoms with Crippen LogP contribution in [0, 0.1) is 0 Å². The second-order valence-electron chi connectivity index (χ2n) is 38.7. The molecule has 0 unspecified atom stereocenters. The number of aromatic amines is 2. The molecule has 0 saturated heterocycles. The number of nitrogens with one attached hydrogen (secondary N) is 2. The van der Waals surface area contributed by atoms with Crippen molar-refractivity contribution in [1.29, 1.82) is 0 Å². The summed E-state index contributed by atoms with van der Waals surface area (Å²) < 4.78 is 33.7. The van der Waals surface area contributed by atoms with Crippen molar-refractivity contribution in [3.63, 3.8) is 0 Å². The third-order valence-corrected chi connectivity index (χ3v) is 28.3. The van der Waals surface area contributed by atoms with Gasteiger partial charge in [-0.1, -0.05) is 233 Å². The van der Waals surface area contributed by atoms with Crippen LogP contribution in [0.5, 0.6) is 23.0 Å². The number of rotatable bonds is 72. The van der Waals surface area contributed by atoms with E-state index in [-0.39, 0.29) is 0 Å². The largest absolute Gasteiger partial charge is 0.493 e. The fourth-order valence-electron chi connectivity index (χ4n) is 20.5. The zero-order chi connectivity index (χ0) is 90.6. The van der Waals surface area contributed by atoms with Gasteiger partial charge in [-0.15, -0.1) is 0 Å². The van der Waals surface area contributed by atoms with Gasteiger partial charge in [0.1, 0.15) is 23.0 Å². The maximum Gasteiger partial charge on any atom is 0.127 e. The first-order valence-electron chi connectivity index (χ1n) is 53.4. The summed E-state index contributed by atoms with van der Waals surface area (Å²) in [4.78, 5) is 20.1. The lowest BCUT2D eigenvalue weighted by Crippen LogP contribution is -2.50. The monoisotopic (exact) mass is 1750 g/mol. The predicted octanol–water partition coefficient (Wildman–Crippen LogP) is 31.9. The first kappa shape index (κ1) is 104. The van der Waals surface area contributed by atoms with Crippen molar-refractivity contribution in [1.82, 2.24) is 19.9 Å². The van der Waals surface area contributed by atoms with Crippen LogP contribution in [0.1, 0.15) is 363 Å². The van der Waals surface area contributed by atoms with E-state index >= 15 is 0 Å². The van der Waals surface area contributed by atoms with Crippen LogP contribution in [0.2, 0.25) is 0 Å². The standard InChI is InChI=1S/C116H182N8O4/c1-13-25-77-121(78-26-14-2,79-27-15-3)89-53-37-41-57-93-125-109-65-49-45-61-97(109)113-101-69-71-103(117-101)114(98-62-46-50-66-110(98)126-94-58-42-38-54-90-122(80-28-16-4,81-29-17-5)82-30-18-6)105-73-75-107(119-105)116(100-64-48-52-68-112(100)128-96-60-44-40-56-92-124(86-34-22-10,87-35-23-11)88-36-24-12)108-76-74-106(120-108)115(104-72-70-102(113)118-104)99-63-47-51-67-111(99)127-95-59-43-39-55-91-123(83-31-19-7,84-32-20-8)85-33-21-9/h45-52,61-76,117,120H,13-44,53-60,77-96H2,1-12H3/q+4. The molecule has 4 aromatic carbocycles. The predicted molar refractivity (Wildman–Crippen MR) is 554 cm³/mol. The molecule has 0 fully saturated rings. The molecular formula is C116H182N8O4+4. The van der Waals surface area contributed by atoms with E-state index < -0.39 is 0 Å². The lowest BCUT2D eigenvalue weighted by molar-refractivity contribution is -0.929. The number of ether oxygens (including phenoxy) is 4. The molecule has 3 aromatic heterocycles. The van der Waals surface area contributed by atoms with Gasteiger partial charge in [0.2, 0.25) is 0 Å². The van der Waals surface area contributed by atoms with Crippen LogP contribution < -0.4 is 18.9 Å². The molecular weight excluding hydrogens is 1570 g/mol. The molecule has 2 aliphatic heterocycles. The van der Waals surface area contributed by atoms with Crippen molar-refractivity contribution >= 4 is 46.4 Å². The van der Waals surface area contributed by atoms with E-state index in [0.717, 1.165) is 164 Å². The van der Waals surface area contributed by atoms with Gasteiger partial charge in [0.25, 0.3) is 0 Å². The Morgan fingerprint density at radius 2 is 0.359 bits per heavy atom. The molecule has 706 valence electrons. The molecule has 0 radical (unpaired) electrons. The molecule has 12 heteroatoms. The van der Waals surface area contributed by atoms with Crippen LogP contribution in [0.25, 0.3) is 90.9 Å². The Hall–Kier alpha value is -7.48.